The third-order valence-electron chi connectivity index (χ3n) is 3.25. The van der Waals surface area contributed by atoms with Crippen LogP contribution in [-0.2, 0) is 10.0 Å². The number of benzene rings is 1. The standard InChI is InChI=1S/C13H15F3N2O2S/c1-9-6-11(17)8-12(7-9)21(19,20)18-4-2-10(3-5-18)13(14,15)16/h2,6-8H,3-5,17H2,1H3. The molecule has 116 valence electrons. The van der Waals surface area contributed by atoms with E-state index in [1.54, 1.807) is 13.0 Å². The van der Waals surface area contributed by atoms with E-state index in [1.165, 1.54) is 12.1 Å². The predicted octanol–water partition coefficient (Wildman–Crippen LogP) is 2.46. The number of nitrogens with zero attached hydrogens (tertiary/aromatic N) is 1. The molecule has 0 bridgehead atoms. The molecule has 1 aliphatic heterocycles. The summed E-state index contributed by atoms with van der Waals surface area (Å²) in [6.45, 7) is 1.22. The minimum Gasteiger partial charge on any atom is -0.399 e. The van der Waals surface area contributed by atoms with E-state index in [2.05, 4.69) is 0 Å². The molecular formula is C13H15F3N2O2S. The Morgan fingerprint density at radius 2 is 1.90 bits per heavy atom. The van der Waals surface area contributed by atoms with Gasteiger partial charge in [0.15, 0.2) is 0 Å². The van der Waals surface area contributed by atoms with Gasteiger partial charge in [0, 0.05) is 24.4 Å². The molecule has 0 saturated carbocycles. The molecule has 8 heteroatoms. The zero-order valence-electron chi connectivity index (χ0n) is 11.3. The number of nitrogens with two attached hydrogens (primary N) is 1. The van der Waals surface area contributed by atoms with Gasteiger partial charge in [-0.1, -0.05) is 6.08 Å². The number of alkyl halides is 3. The van der Waals surface area contributed by atoms with E-state index in [1.807, 2.05) is 0 Å². The Labute approximate surface area is 121 Å². The SMILES string of the molecule is Cc1cc(N)cc(S(=O)(=O)N2CC=C(C(F)(F)F)CC2)c1. The Morgan fingerprint density at radius 3 is 2.38 bits per heavy atom. The largest absolute Gasteiger partial charge is 0.412 e. The summed E-state index contributed by atoms with van der Waals surface area (Å²) in [6, 6.07) is 4.39. The van der Waals surface area contributed by atoms with Crippen LogP contribution < -0.4 is 5.73 Å². The van der Waals surface area contributed by atoms with Crippen molar-refractivity contribution in [1.29, 1.82) is 0 Å². The van der Waals surface area contributed by atoms with E-state index in [-0.39, 0.29) is 24.4 Å². The number of halogens is 3. The third kappa shape index (κ3) is 3.38. The van der Waals surface area contributed by atoms with Gasteiger partial charge in [-0.15, -0.1) is 0 Å². The highest BCUT2D eigenvalue weighted by atomic mass is 32.2. The van der Waals surface area contributed by atoms with Gasteiger partial charge in [-0.3, -0.25) is 0 Å². The lowest BCUT2D eigenvalue weighted by Crippen LogP contribution is -2.36. The number of hydrogen-bond acceptors (Lipinski definition) is 3. The fourth-order valence-corrected chi connectivity index (χ4v) is 3.72. The molecule has 1 aliphatic rings. The van der Waals surface area contributed by atoms with Crippen molar-refractivity contribution in [3.63, 3.8) is 0 Å². The zero-order valence-corrected chi connectivity index (χ0v) is 12.1. The van der Waals surface area contributed by atoms with Gasteiger partial charge in [0.1, 0.15) is 0 Å². The summed E-state index contributed by atoms with van der Waals surface area (Å²) >= 11 is 0. The summed E-state index contributed by atoms with van der Waals surface area (Å²) in [5.74, 6) is 0. The summed E-state index contributed by atoms with van der Waals surface area (Å²) in [7, 11) is -3.83. The second kappa shape index (κ2) is 5.34. The molecule has 0 aromatic heterocycles. The van der Waals surface area contributed by atoms with Crippen molar-refractivity contribution in [2.45, 2.75) is 24.4 Å². The van der Waals surface area contributed by atoms with E-state index in [0.29, 0.717) is 11.3 Å². The molecule has 1 aromatic rings. The van der Waals surface area contributed by atoms with E-state index in [0.717, 1.165) is 10.4 Å². The van der Waals surface area contributed by atoms with Crippen molar-refractivity contribution < 1.29 is 21.6 Å². The molecule has 0 unspecified atom stereocenters. The van der Waals surface area contributed by atoms with Gasteiger partial charge in [-0.25, -0.2) is 8.42 Å². The van der Waals surface area contributed by atoms with Gasteiger partial charge in [0.2, 0.25) is 10.0 Å². The lowest BCUT2D eigenvalue weighted by atomic mass is 10.1. The van der Waals surface area contributed by atoms with Gasteiger partial charge >= 0.3 is 6.18 Å². The molecule has 0 atom stereocenters. The zero-order chi connectivity index (χ0) is 15.8. The molecule has 0 saturated heterocycles. The van der Waals surface area contributed by atoms with Gasteiger partial charge < -0.3 is 5.73 Å². The molecule has 4 nitrogen and oxygen atoms in total. The number of nitrogen functional groups attached to an aromatic ring is 1. The van der Waals surface area contributed by atoms with Crippen molar-refractivity contribution in [1.82, 2.24) is 4.31 Å². The topological polar surface area (TPSA) is 63.4 Å². The molecular weight excluding hydrogens is 305 g/mol. The van der Waals surface area contributed by atoms with Crippen LogP contribution in [-0.4, -0.2) is 32.0 Å². The average molecular weight is 320 g/mol. The number of sulfonamides is 1. The Kier molecular flexibility index (Phi) is 4.03. The van der Waals surface area contributed by atoms with Crippen molar-refractivity contribution in [2.75, 3.05) is 18.8 Å². The van der Waals surface area contributed by atoms with Crippen molar-refractivity contribution in [3.8, 4) is 0 Å². The highest BCUT2D eigenvalue weighted by Crippen LogP contribution is 2.32. The summed E-state index contributed by atoms with van der Waals surface area (Å²) < 4.78 is 63.5. The first-order valence-electron chi connectivity index (χ1n) is 6.24. The van der Waals surface area contributed by atoms with Crippen LogP contribution in [0.3, 0.4) is 0 Å². The molecule has 1 heterocycles. The van der Waals surface area contributed by atoms with Crippen molar-refractivity contribution in [2.24, 2.45) is 0 Å². The maximum Gasteiger partial charge on any atom is 0.412 e. The maximum absolute atomic E-state index is 12.5. The van der Waals surface area contributed by atoms with Crippen LogP contribution in [0.1, 0.15) is 12.0 Å². The molecule has 2 rings (SSSR count). The normalized spacial score (nSPS) is 17.6. The fourth-order valence-electron chi connectivity index (χ4n) is 2.20. The summed E-state index contributed by atoms with van der Waals surface area (Å²) in [5, 5.41) is 0. The molecule has 0 spiro atoms. The van der Waals surface area contributed by atoms with Gasteiger partial charge in [-0.2, -0.15) is 17.5 Å². The van der Waals surface area contributed by atoms with Crippen LogP contribution >= 0.6 is 0 Å². The fraction of sp³-hybridized carbons (Fsp3) is 0.385. The minimum atomic E-state index is -4.40. The Morgan fingerprint density at radius 1 is 1.24 bits per heavy atom. The second-order valence-electron chi connectivity index (χ2n) is 4.92. The van der Waals surface area contributed by atoms with Crippen molar-refractivity contribution >= 4 is 15.7 Å². The molecule has 0 aliphatic carbocycles. The highest BCUT2D eigenvalue weighted by molar-refractivity contribution is 7.89. The smallest absolute Gasteiger partial charge is 0.399 e. The monoisotopic (exact) mass is 320 g/mol. The first kappa shape index (κ1) is 15.8. The third-order valence-corrected chi connectivity index (χ3v) is 5.09. The lowest BCUT2D eigenvalue weighted by Gasteiger charge is -2.26. The van der Waals surface area contributed by atoms with Crippen molar-refractivity contribution in [3.05, 3.63) is 35.4 Å². The van der Waals surface area contributed by atoms with E-state index in [9.17, 15) is 21.6 Å². The molecule has 21 heavy (non-hydrogen) atoms. The summed E-state index contributed by atoms with van der Waals surface area (Å²) in [5.41, 5.74) is 5.92. The Bertz CT molecular complexity index is 661. The molecule has 2 N–H and O–H groups in total. The molecule has 0 radical (unpaired) electrons. The van der Waals surface area contributed by atoms with Crippen LogP contribution in [0.25, 0.3) is 0 Å². The highest BCUT2D eigenvalue weighted by Gasteiger charge is 2.37. The number of aryl methyl sites for hydroxylation is 1. The molecule has 1 aromatic carbocycles. The van der Waals surface area contributed by atoms with Gasteiger partial charge in [0.25, 0.3) is 0 Å². The van der Waals surface area contributed by atoms with Crippen LogP contribution in [0.4, 0.5) is 18.9 Å². The maximum atomic E-state index is 12.5. The first-order valence-corrected chi connectivity index (χ1v) is 7.68. The van der Waals surface area contributed by atoms with E-state index < -0.39 is 21.8 Å². The van der Waals surface area contributed by atoms with Crippen LogP contribution in [0.15, 0.2) is 34.7 Å². The molecule has 0 amide bonds. The first-order chi connectivity index (χ1) is 9.60. The van der Waals surface area contributed by atoms with Gasteiger partial charge in [0.05, 0.1) is 4.90 Å². The van der Waals surface area contributed by atoms with E-state index >= 15 is 0 Å². The second-order valence-corrected chi connectivity index (χ2v) is 6.86. The van der Waals surface area contributed by atoms with Crippen LogP contribution in [0, 0.1) is 6.92 Å². The molecule has 0 fully saturated rings. The number of anilines is 1. The van der Waals surface area contributed by atoms with E-state index in [4.69, 9.17) is 5.73 Å². The number of hydrogen-bond donors (Lipinski definition) is 1. The summed E-state index contributed by atoms with van der Waals surface area (Å²) in [4.78, 5) is 0.00357. The summed E-state index contributed by atoms with van der Waals surface area (Å²) in [6.07, 6.45) is -3.83. The number of rotatable bonds is 2. The van der Waals surface area contributed by atoms with Crippen LogP contribution in [0.2, 0.25) is 0 Å². The lowest BCUT2D eigenvalue weighted by molar-refractivity contribution is -0.0953. The van der Waals surface area contributed by atoms with Gasteiger partial charge in [-0.05, 0) is 37.1 Å². The minimum absolute atomic E-state index is 0.00357. The average Bonchev–Trinajstić information content (AvgIpc) is 2.36. The van der Waals surface area contributed by atoms with Crippen LogP contribution in [0.5, 0.6) is 0 Å². The Balaban J connectivity index is 2.28. The predicted molar refractivity (Wildman–Crippen MR) is 73.1 cm³/mol. The quantitative estimate of drug-likeness (QED) is 0.672. The Hall–Kier alpha value is -1.54.